The summed E-state index contributed by atoms with van der Waals surface area (Å²) in [7, 11) is 0. The molecule has 0 bridgehead atoms. The predicted molar refractivity (Wildman–Crippen MR) is 168 cm³/mol. The predicted octanol–water partition coefficient (Wildman–Crippen LogP) is 0.483. The molecule has 2 amide bonds. The summed E-state index contributed by atoms with van der Waals surface area (Å²) in [6.07, 6.45) is 10.3. The van der Waals surface area contributed by atoms with E-state index in [0.29, 0.717) is 45.8 Å². The van der Waals surface area contributed by atoms with Crippen molar-refractivity contribution in [3.63, 3.8) is 0 Å². The van der Waals surface area contributed by atoms with E-state index in [0.717, 1.165) is 110 Å². The van der Waals surface area contributed by atoms with Gasteiger partial charge in [0.15, 0.2) is 0 Å². The lowest BCUT2D eigenvalue weighted by Gasteiger charge is -2.09. The minimum Gasteiger partial charge on any atom is -0.396 e. The Kier molecular flexibility index (Phi) is 32.5. The van der Waals surface area contributed by atoms with Gasteiger partial charge in [-0.2, -0.15) is 0 Å². The van der Waals surface area contributed by atoms with Crippen LogP contribution in [0.1, 0.15) is 77.6 Å². The first kappa shape index (κ1) is 40.3. The third-order valence-electron chi connectivity index (χ3n) is 6.40. The van der Waals surface area contributed by atoms with Crippen LogP contribution in [0.5, 0.6) is 0 Å². The van der Waals surface area contributed by atoms with E-state index in [2.05, 4.69) is 31.9 Å². The second kappa shape index (κ2) is 33.8. The molecule has 248 valence electrons. The number of aliphatic hydroxyl groups excluding tert-OH is 1. The molecule has 0 saturated carbocycles. The van der Waals surface area contributed by atoms with E-state index in [1.165, 1.54) is 0 Å². The van der Waals surface area contributed by atoms with Crippen molar-refractivity contribution >= 4 is 17.6 Å². The zero-order chi connectivity index (χ0) is 30.8. The second-order valence-corrected chi connectivity index (χ2v) is 10.5. The lowest BCUT2D eigenvalue weighted by atomic mass is 10.1. The standard InChI is InChI=1S/C30H62N6O6/c1-28(38)11-10-14-32-17-19-33-20-24-41-26-22-36-30(40)27-42-25-21-34-18-16-31-13-7-5-8-15-35-29(39)12-6-3-2-4-9-23-37/h31-34,37H,2-27H2,1H3,(H,35,39)(H,36,40). The molecule has 0 aliphatic carbocycles. The van der Waals surface area contributed by atoms with Gasteiger partial charge in [-0.15, -0.1) is 0 Å². The molecule has 7 N–H and O–H groups in total. The van der Waals surface area contributed by atoms with Crippen molar-refractivity contribution in [2.45, 2.75) is 77.6 Å². The zero-order valence-electron chi connectivity index (χ0n) is 26.4. The van der Waals surface area contributed by atoms with Crippen molar-refractivity contribution in [1.82, 2.24) is 31.9 Å². The molecule has 0 radical (unpaired) electrons. The third kappa shape index (κ3) is 34.5. The number of hydrogen-bond donors (Lipinski definition) is 7. The van der Waals surface area contributed by atoms with Gasteiger partial charge in [0.2, 0.25) is 11.8 Å². The Labute approximate surface area is 254 Å². The molecule has 0 rings (SSSR count). The van der Waals surface area contributed by atoms with Crippen molar-refractivity contribution in [1.29, 1.82) is 0 Å². The molecule has 0 fully saturated rings. The maximum atomic E-state index is 11.8. The second-order valence-electron chi connectivity index (χ2n) is 10.5. The molecular formula is C30H62N6O6. The summed E-state index contributed by atoms with van der Waals surface area (Å²) in [5, 5.41) is 27.8. The van der Waals surface area contributed by atoms with Gasteiger partial charge < -0.3 is 51.3 Å². The Morgan fingerprint density at radius 3 is 1.71 bits per heavy atom. The van der Waals surface area contributed by atoms with Gasteiger partial charge >= 0.3 is 0 Å². The SMILES string of the molecule is CC(=O)CCCNCCNCCOCCNC(=O)COCCNCCNCCCCCNC(=O)CCCCCCCO. The number of unbranched alkanes of at least 4 members (excludes halogenated alkanes) is 6. The molecule has 0 aromatic heterocycles. The van der Waals surface area contributed by atoms with Crippen LogP contribution < -0.4 is 31.9 Å². The highest BCUT2D eigenvalue weighted by Gasteiger charge is 2.02. The van der Waals surface area contributed by atoms with E-state index in [9.17, 15) is 14.4 Å². The molecule has 0 atom stereocenters. The number of nitrogens with one attached hydrogen (secondary N) is 6. The van der Waals surface area contributed by atoms with E-state index >= 15 is 0 Å². The fraction of sp³-hybridized carbons (Fsp3) is 0.900. The molecule has 12 nitrogen and oxygen atoms in total. The fourth-order valence-corrected chi connectivity index (χ4v) is 3.98. The minimum absolute atomic E-state index is 0.0484. The Morgan fingerprint density at radius 2 is 1.02 bits per heavy atom. The monoisotopic (exact) mass is 602 g/mol. The van der Waals surface area contributed by atoms with Crippen molar-refractivity contribution in [3.05, 3.63) is 0 Å². The number of amides is 2. The zero-order valence-corrected chi connectivity index (χ0v) is 26.4. The Balaban J connectivity index is 3.21. The number of ketones is 1. The number of aliphatic hydroxyl groups is 1. The Bertz CT molecular complexity index is 629. The van der Waals surface area contributed by atoms with Crippen molar-refractivity contribution < 1.29 is 29.0 Å². The van der Waals surface area contributed by atoms with Gasteiger partial charge in [0, 0.05) is 71.8 Å². The first-order valence-corrected chi connectivity index (χ1v) is 16.2. The summed E-state index contributed by atoms with van der Waals surface area (Å²) in [4.78, 5) is 34.4. The van der Waals surface area contributed by atoms with Gasteiger partial charge in [-0.1, -0.05) is 25.7 Å². The fourth-order valence-electron chi connectivity index (χ4n) is 3.98. The van der Waals surface area contributed by atoms with Crippen LogP contribution >= 0.6 is 0 Å². The average Bonchev–Trinajstić information content (AvgIpc) is 2.97. The van der Waals surface area contributed by atoms with Gasteiger partial charge in [-0.3, -0.25) is 9.59 Å². The first-order chi connectivity index (χ1) is 20.6. The van der Waals surface area contributed by atoms with E-state index in [1.807, 2.05) is 0 Å². The van der Waals surface area contributed by atoms with Gasteiger partial charge in [0.05, 0.1) is 19.8 Å². The topological polar surface area (TPSA) is 162 Å². The molecule has 0 aliphatic heterocycles. The van der Waals surface area contributed by atoms with Crippen LogP contribution in [-0.2, 0) is 23.9 Å². The maximum Gasteiger partial charge on any atom is 0.246 e. The van der Waals surface area contributed by atoms with Gasteiger partial charge in [-0.25, -0.2) is 0 Å². The number of carbonyl (C=O) groups excluding carboxylic acids is 3. The lowest BCUT2D eigenvalue weighted by molar-refractivity contribution is -0.126. The first-order valence-electron chi connectivity index (χ1n) is 16.2. The van der Waals surface area contributed by atoms with Gasteiger partial charge in [-0.05, 0) is 52.1 Å². The van der Waals surface area contributed by atoms with E-state index in [4.69, 9.17) is 14.6 Å². The van der Waals surface area contributed by atoms with E-state index < -0.39 is 0 Å². The molecule has 0 aromatic carbocycles. The van der Waals surface area contributed by atoms with E-state index in [1.54, 1.807) is 6.92 Å². The third-order valence-corrected chi connectivity index (χ3v) is 6.40. The van der Waals surface area contributed by atoms with E-state index in [-0.39, 0.29) is 30.8 Å². The van der Waals surface area contributed by atoms with Gasteiger partial charge in [0.1, 0.15) is 12.4 Å². The highest BCUT2D eigenvalue weighted by Crippen LogP contribution is 2.05. The number of rotatable bonds is 34. The molecule has 42 heavy (non-hydrogen) atoms. The van der Waals surface area contributed by atoms with Crippen LogP contribution in [0.15, 0.2) is 0 Å². The van der Waals surface area contributed by atoms with Crippen molar-refractivity contribution in [2.24, 2.45) is 0 Å². The normalized spacial score (nSPS) is 11.1. The van der Waals surface area contributed by atoms with Crippen LogP contribution in [0.2, 0.25) is 0 Å². The number of Topliss-reactive ketones (excluding diaryl/α,β-unsaturated/α-hetero) is 1. The molecule has 0 unspecified atom stereocenters. The summed E-state index contributed by atoms with van der Waals surface area (Å²) in [5.41, 5.74) is 0. The quantitative estimate of drug-likeness (QED) is 0.0516. The summed E-state index contributed by atoms with van der Waals surface area (Å²) < 4.78 is 10.9. The smallest absolute Gasteiger partial charge is 0.246 e. The minimum atomic E-state index is -0.140. The number of hydrogen-bond acceptors (Lipinski definition) is 10. The van der Waals surface area contributed by atoms with Crippen LogP contribution in [-0.4, -0.2) is 121 Å². The van der Waals surface area contributed by atoms with Crippen LogP contribution in [0.25, 0.3) is 0 Å². The van der Waals surface area contributed by atoms with Crippen LogP contribution in [0.4, 0.5) is 0 Å². The number of ether oxygens (including phenoxy) is 2. The largest absolute Gasteiger partial charge is 0.396 e. The van der Waals surface area contributed by atoms with Crippen LogP contribution in [0, 0.1) is 0 Å². The highest BCUT2D eigenvalue weighted by atomic mass is 16.5. The summed E-state index contributed by atoms with van der Waals surface area (Å²) in [6, 6.07) is 0. The summed E-state index contributed by atoms with van der Waals surface area (Å²) in [6.45, 7) is 11.4. The molecule has 12 heteroatoms. The molecule has 0 heterocycles. The molecule has 0 aromatic rings. The molecular weight excluding hydrogens is 540 g/mol. The molecule has 0 aliphatic rings. The Hall–Kier alpha value is -1.67. The maximum absolute atomic E-state index is 11.8. The summed E-state index contributed by atoms with van der Waals surface area (Å²) in [5.74, 6) is 0.242. The van der Waals surface area contributed by atoms with Crippen molar-refractivity contribution in [2.75, 3.05) is 98.5 Å². The Morgan fingerprint density at radius 1 is 0.500 bits per heavy atom. The summed E-state index contributed by atoms with van der Waals surface area (Å²) >= 11 is 0. The number of carbonyl (C=O) groups is 3. The van der Waals surface area contributed by atoms with Crippen LogP contribution in [0.3, 0.4) is 0 Å². The highest BCUT2D eigenvalue weighted by molar-refractivity contribution is 5.77. The van der Waals surface area contributed by atoms with Crippen molar-refractivity contribution in [3.8, 4) is 0 Å². The molecule has 0 saturated heterocycles. The molecule has 0 spiro atoms. The lowest BCUT2D eigenvalue weighted by Crippen LogP contribution is -2.33. The van der Waals surface area contributed by atoms with Gasteiger partial charge in [0.25, 0.3) is 0 Å². The average molecular weight is 603 g/mol.